The van der Waals surface area contributed by atoms with Gasteiger partial charge in [-0.1, -0.05) is 19.1 Å². The Morgan fingerprint density at radius 2 is 1.73 bits per heavy atom. The fourth-order valence-corrected chi connectivity index (χ4v) is 2.93. The molecule has 2 N–H and O–H groups in total. The molecule has 1 fully saturated rings. The van der Waals surface area contributed by atoms with E-state index in [0.717, 1.165) is 43.4 Å². The highest BCUT2D eigenvalue weighted by molar-refractivity contribution is 5.89. The lowest BCUT2D eigenvalue weighted by molar-refractivity contribution is 0.208. The second-order valence-electron chi connectivity index (χ2n) is 6.26. The molecule has 7 heteroatoms. The third-order valence-electron chi connectivity index (χ3n) is 4.51. The number of anilines is 3. The van der Waals surface area contributed by atoms with Crippen LogP contribution in [0.1, 0.15) is 19.4 Å². The summed E-state index contributed by atoms with van der Waals surface area (Å²) in [4.78, 5) is 16.4. The Morgan fingerprint density at radius 1 is 1.00 bits per heavy atom. The molecule has 2 amide bonds. The van der Waals surface area contributed by atoms with E-state index >= 15 is 0 Å². The van der Waals surface area contributed by atoms with Gasteiger partial charge in [-0.2, -0.15) is 0 Å². The summed E-state index contributed by atoms with van der Waals surface area (Å²) in [6, 6.07) is 11.8. The maximum atomic E-state index is 12.4. The van der Waals surface area contributed by atoms with Crippen molar-refractivity contribution in [1.82, 2.24) is 15.1 Å². The van der Waals surface area contributed by atoms with Crippen LogP contribution >= 0.6 is 0 Å². The Morgan fingerprint density at radius 3 is 2.31 bits per heavy atom. The lowest BCUT2D eigenvalue weighted by atomic mass is 10.1. The predicted octanol–water partition coefficient (Wildman–Crippen LogP) is 2.82. The van der Waals surface area contributed by atoms with Crippen molar-refractivity contribution >= 4 is 23.4 Å². The maximum absolute atomic E-state index is 12.4. The average Bonchev–Trinajstić information content (AvgIpc) is 2.69. The molecule has 1 aliphatic heterocycles. The number of carbonyl (C=O) groups excluding carboxylic acids is 1. The molecule has 0 bridgehead atoms. The van der Waals surface area contributed by atoms with Crippen LogP contribution in [0.15, 0.2) is 36.4 Å². The molecule has 2 heterocycles. The molecular weight excluding hydrogens is 328 g/mol. The van der Waals surface area contributed by atoms with Crippen molar-refractivity contribution in [3.8, 4) is 0 Å². The van der Waals surface area contributed by atoms with E-state index in [2.05, 4.69) is 32.7 Å². The first kappa shape index (κ1) is 18.0. The van der Waals surface area contributed by atoms with Crippen LogP contribution in [0.4, 0.5) is 22.1 Å². The van der Waals surface area contributed by atoms with Gasteiger partial charge in [0.15, 0.2) is 5.82 Å². The maximum Gasteiger partial charge on any atom is 0.321 e. The van der Waals surface area contributed by atoms with Gasteiger partial charge in [-0.25, -0.2) is 4.79 Å². The van der Waals surface area contributed by atoms with Gasteiger partial charge in [-0.05, 0) is 43.2 Å². The highest BCUT2D eigenvalue weighted by atomic mass is 16.2. The Hall–Kier alpha value is -2.83. The zero-order valence-corrected chi connectivity index (χ0v) is 15.4. The second kappa shape index (κ2) is 8.51. The van der Waals surface area contributed by atoms with Gasteiger partial charge in [0.05, 0.1) is 0 Å². The number of hydrogen-bond acceptors (Lipinski definition) is 5. The summed E-state index contributed by atoms with van der Waals surface area (Å²) in [6.45, 7) is 7.78. The smallest absolute Gasteiger partial charge is 0.321 e. The van der Waals surface area contributed by atoms with Crippen LogP contribution in [0.3, 0.4) is 0 Å². The third kappa shape index (κ3) is 4.41. The molecule has 7 nitrogen and oxygen atoms in total. The Labute approximate surface area is 154 Å². The van der Waals surface area contributed by atoms with Crippen molar-refractivity contribution < 1.29 is 4.79 Å². The van der Waals surface area contributed by atoms with Crippen LogP contribution in [-0.4, -0.2) is 53.9 Å². The molecule has 1 aliphatic rings. The van der Waals surface area contributed by atoms with Gasteiger partial charge in [0.1, 0.15) is 5.82 Å². The highest BCUT2D eigenvalue weighted by Crippen LogP contribution is 2.16. The van der Waals surface area contributed by atoms with Crippen LogP contribution in [-0.2, 0) is 6.42 Å². The standard InChI is InChI=1S/C19H26N6O/c1-3-15-5-7-16(8-6-15)21-19(26)25-13-11-24(12-14-25)18-10-9-17(20-4-2)22-23-18/h5-10H,3-4,11-14H2,1-2H3,(H,20,22)(H,21,26). The fraction of sp³-hybridized carbons (Fsp3) is 0.421. The van der Waals surface area contributed by atoms with Gasteiger partial charge in [0.25, 0.3) is 0 Å². The summed E-state index contributed by atoms with van der Waals surface area (Å²) in [5.74, 6) is 1.63. The average molecular weight is 354 g/mol. The van der Waals surface area contributed by atoms with Crippen molar-refractivity contribution in [3.63, 3.8) is 0 Å². The number of nitrogens with zero attached hydrogens (tertiary/aromatic N) is 4. The number of aryl methyl sites for hydroxylation is 1. The summed E-state index contributed by atoms with van der Waals surface area (Å²) in [6.07, 6.45) is 0.995. The molecule has 1 aromatic heterocycles. The van der Waals surface area contributed by atoms with Crippen LogP contribution in [0.2, 0.25) is 0 Å². The molecule has 0 radical (unpaired) electrons. The number of benzene rings is 1. The minimum atomic E-state index is -0.0533. The van der Waals surface area contributed by atoms with Crippen molar-refractivity contribution in [1.29, 1.82) is 0 Å². The monoisotopic (exact) mass is 354 g/mol. The van der Waals surface area contributed by atoms with Gasteiger partial charge in [0, 0.05) is 38.4 Å². The molecule has 0 saturated carbocycles. The van der Waals surface area contributed by atoms with Crippen molar-refractivity contribution in [2.45, 2.75) is 20.3 Å². The number of rotatable bonds is 5. The molecular formula is C19H26N6O. The largest absolute Gasteiger partial charge is 0.369 e. The lowest BCUT2D eigenvalue weighted by Gasteiger charge is -2.35. The van der Waals surface area contributed by atoms with E-state index in [1.165, 1.54) is 5.56 Å². The van der Waals surface area contributed by atoms with Gasteiger partial charge >= 0.3 is 6.03 Å². The van der Waals surface area contributed by atoms with Gasteiger partial charge in [-0.15, -0.1) is 10.2 Å². The molecule has 3 rings (SSSR count). The van der Waals surface area contributed by atoms with Crippen LogP contribution in [0.25, 0.3) is 0 Å². The molecule has 0 unspecified atom stereocenters. The van der Waals surface area contributed by atoms with Crippen LogP contribution < -0.4 is 15.5 Å². The van der Waals surface area contributed by atoms with E-state index in [0.29, 0.717) is 13.1 Å². The third-order valence-corrected chi connectivity index (χ3v) is 4.51. The summed E-state index contributed by atoms with van der Waals surface area (Å²) >= 11 is 0. The predicted molar refractivity (Wildman–Crippen MR) is 105 cm³/mol. The number of amides is 2. The molecule has 0 aliphatic carbocycles. The Bertz CT molecular complexity index is 708. The number of piperazine rings is 1. The van der Waals surface area contributed by atoms with Crippen molar-refractivity contribution in [2.75, 3.05) is 48.3 Å². The van der Waals surface area contributed by atoms with Crippen LogP contribution in [0, 0.1) is 0 Å². The summed E-state index contributed by atoms with van der Waals surface area (Å²) < 4.78 is 0. The molecule has 0 atom stereocenters. The van der Waals surface area contributed by atoms with Crippen molar-refractivity contribution in [3.05, 3.63) is 42.0 Å². The quantitative estimate of drug-likeness (QED) is 0.864. The van der Waals surface area contributed by atoms with E-state index in [4.69, 9.17) is 0 Å². The van der Waals surface area contributed by atoms with E-state index in [-0.39, 0.29) is 6.03 Å². The van der Waals surface area contributed by atoms with Crippen molar-refractivity contribution in [2.24, 2.45) is 0 Å². The van der Waals surface area contributed by atoms with E-state index in [1.807, 2.05) is 48.2 Å². The first-order chi connectivity index (χ1) is 12.7. The van der Waals surface area contributed by atoms with Crippen LogP contribution in [0.5, 0.6) is 0 Å². The summed E-state index contributed by atoms with van der Waals surface area (Å²) in [5, 5.41) is 14.5. The van der Waals surface area contributed by atoms with Gasteiger partial charge in [0.2, 0.25) is 0 Å². The Balaban J connectivity index is 1.51. The topological polar surface area (TPSA) is 73.4 Å². The second-order valence-corrected chi connectivity index (χ2v) is 6.26. The van der Waals surface area contributed by atoms with E-state index in [9.17, 15) is 4.79 Å². The van der Waals surface area contributed by atoms with E-state index in [1.54, 1.807) is 0 Å². The number of nitrogens with one attached hydrogen (secondary N) is 2. The molecule has 26 heavy (non-hydrogen) atoms. The number of urea groups is 1. The van der Waals surface area contributed by atoms with Gasteiger partial charge in [-0.3, -0.25) is 0 Å². The first-order valence-corrected chi connectivity index (χ1v) is 9.17. The summed E-state index contributed by atoms with van der Waals surface area (Å²) in [7, 11) is 0. The lowest BCUT2D eigenvalue weighted by Crippen LogP contribution is -2.50. The molecule has 0 spiro atoms. The minimum absolute atomic E-state index is 0.0533. The molecule has 1 saturated heterocycles. The fourth-order valence-electron chi connectivity index (χ4n) is 2.93. The zero-order chi connectivity index (χ0) is 18.4. The summed E-state index contributed by atoms with van der Waals surface area (Å²) in [5.41, 5.74) is 2.09. The normalized spacial score (nSPS) is 14.2. The number of aromatic nitrogens is 2. The van der Waals surface area contributed by atoms with Gasteiger partial charge < -0.3 is 20.4 Å². The number of hydrogen-bond donors (Lipinski definition) is 2. The molecule has 2 aromatic rings. The minimum Gasteiger partial charge on any atom is -0.369 e. The van der Waals surface area contributed by atoms with E-state index < -0.39 is 0 Å². The number of carbonyl (C=O) groups is 1. The highest BCUT2D eigenvalue weighted by Gasteiger charge is 2.22. The Kier molecular flexibility index (Phi) is 5.88. The first-order valence-electron chi connectivity index (χ1n) is 9.17. The molecule has 138 valence electrons. The molecule has 1 aromatic carbocycles. The zero-order valence-electron chi connectivity index (χ0n) is 15.4. The SMILES string of the molecule is CCNc1ccc(N2CCN(C(=O)Nc3ccc(CC)cc3)CC2)nn1.